The molecule has 1 aliphatic heterocycles. The van der Waals surface area contributed by atoms with Crippen molar-refractivity contribution in [1.82, 2.24) is 9.88 Å². The second kappa shape index (κ2) is 6.67. The van der Waals surface area contributed by atoms with Gasteiger partial charge < -0.3 is 15.1 Å². The average molecular weight is 366 g/mol. The number of rotatable bonds is 5. The Labute approximate surface area is 139 Å². The first-order valence-electron chi connectivity index (χ1n) is 7.27. The third kappa shape index (κ3) is 3.69. The highest BCUT2D eigenvalue weighted by atomic mass is 32.1. The first-order valence-corrected chi connectivity index (χ1v) is 8.15. The molecule has 0 bridgehead atoms. The van der Waals surface area contributed by atoms with E-state index in [1.165, 1.54) is 12.3 Å². The van der Waals surface area contributed by atoms with Crippen LogP contribution in [0.2, 0.25) is 0 Å². The van der Waals surface area contributed by atoms with Gasteiger partial charge in [-0.15, -0.1) is 11.3 Å². The van der Waals surface area contributed by atoms with Crippen LogP contribution in [0.4, 0.5) is 13.2 Å². The minimum Gasteiger partial charge on any atom is -0.481 e. The van der Waals surface area contributed by atoms with Gasteiger partial charge in [-0.25, -0.2) is 4.98 Å². The van der Waals surface area contributed by atoms with E-state index in [1.54, 1.807) is 0 Å². The Bertz CT molecular complexity index is 634. The van der Waals surface area contributed by atoms with Gasteiger partial charge in [0, 0.05) is 23.7 Å². The van der Waals surface area contributed by atoms with Gasteiger partial charge in [-0.2, -0.15) is 13.2 Å². The van der Waals surface area contributed by atoms with Crippen molar-refractivity contribution in [3.63, 3.8) is 0 Å². The van der Waals surface area contributed by atoms with Crippen LogP contribution >= 0.6 is 11.3 Å². The standard InChI is InChI=1S/C14H17F3N2O4S/c1-8-7-24-12(18-8)13(23,14(15,16)17)6-10(20)19-4-2-3-9(19)5-11(21)22/h7,9,23H,2-6H2,1H3,(H,21,22). The zero-order valence-electron chi connectivity index (χ0n) is 12.8. The number of amides is 1. The van der Waals surface area contributed by atoms with Crippen LogP contribution in [0.5, 0.6) is 0 Å². The van der Waals surface area contributed by atoms with Gasteiger partial charge in [-0.3, -0.25) is 9.59 Å². The van der Waals surface area contributed by atoms with E-state index in [0.29, 0.717) is 29.9 Å². The summed E-state index contributed by atoms with van der Waals surface area (Å²) in [5.41, 5.74) is -3.06. The number of aliphatic hydroxyl groups is 1. The number of carbonyl (C=O) groups is 2. The van der Waals surface area contributed by atoms with E-state index in [0.717, 1.165) is 4.90 Å². The lowest BCUT2D eigenvalue weighted by molar-refractivity contribution is -0.268. The predicted octanol–water partition coefficient (Wildman–Crippen LogP) is 2.06. The van der Waals surface area contributed by atoms with Gasteiger partial charge >= 0.3 is 12.1 Å². The van der Waals surface area contributed by atoms with Crippen LogP contribution < -0.4 is 0 Å². The molecular weight excluding hydrogens is 349 g/mol. The van der Waals surface area contributed by atoms with E-state index in [1.807, 2.05) is 0 Å². The summed E-state index contributed by atoms with van der Waals surface area (Å²) in [7, 11) is 0. The number of alkyl halides is 3. The molecule has 24 heavy (non-hydrogen) atoms. The average Bonchev–Trinajstić information content (AvgIpc) is 3.05. The normalized spacial score (nSPS) is 20.9. The smallest absolute Gasteiger partial charge is 0.424 e. The first kappa shape index (κ1) is 18.7. The fourth-order valence-electron chi connectivity index (χ4n) is 2.74. The van der Waals surface area contributed by atoms with Crippen LogP contribution in [-0.4, -0.2) is 50.7 Å². The van der Waals surface area contributed by atoms with Gasteiger partial charge in [0.15, 0.2) is 0 Å². The summed E-state index contributed by atoms with van der Waals surface area (Å²) in [4.78, 5) is 27.9. The highest BCUT2D eigenvalue weighted by Crippen LogP contribution is 2.43. The number of aryl methyl sites for hydroxylation is 1. The van der Waals surface area contributed by atoms with Crippen molar-refractivity contribution < 1.29 is 33.0 Å². The van der Waals surface area contributed by atoms with E-state index in [9.17, 15) is 27.9 Å². The van der Waals surface area contributed by atoms with Crippen molar-refractivity contribution in [3.8, 4) is 0 Å². The van der Waals surface area contributed by atoms with Crippen molar-refractivity contribution in [3.05, 3.63) is 16.1 Å². The van der Waals surface area contributed by atoms with Crippen molar-refractivity contribution in [1.29, 1.82) is 0 Å². The van der Waals surface area contributed by atoms with Crippen molar-refractivity contribution in [2.24, 2.45) is 0 Å². The molecule has 0 spiro atoms. The van der Waals surface area contributed by atoms with Crippen molar-refractivity contribution in [2.75, 3.05) is 6.54 Å². The van der Waals surface area contributed by atoms with Crippen LogP contribution in [0.1, 0.15) is 36.4 Å². The predicted molar refractivity (Wildman–Crippen MR) is 78.4 cm³/mol. The zero-order chi connectivity index (χ0) is 18.1. The number of aliphatic carboxylic acids is 1. The lowest BCUT2D eigenvalue weighted by Gasteiger charge is -2.31. The molecule has 0 aromatic carbocycles. The van der Waals surface area contributed by atoms with Crippen molar-refractivity contribution >= 4 is 23.2 Å². The Morgan fingerprint density at radius 1 is 1.46 bits per heavy atom. The number of aromatic nitrogens is 1. The number of halogens is 3. The molecule has 10 heteroatoms. The molecule has 2 unspecified atom stereocenters. The van der Waals surface area contributed by atoms with Crippen LogP contribution in [-0.2, 0) is 15.2 Å². The fraction of sp³-hybridized carbons (Fsp3) is 0.643. The van der Waals surface area contributed by atoms with E-state index >= 15 is 0 Å². The van der Waals surface area contributed by atoms with E-state index in [-0.39, 0.29) is 13.0 Å². The Morgan fingerprint density at radius 2 is 2.12 bits per heavy atom. The molecule has 1 aromatic heterocycles. The Morgan fingerprint density at radius 3 is 2.62 bits per heavy atom. The summed E-state index contributed by atoms with van der Waals surface area (Å²) in [5.74, 6) is -2.05. The number of thiazole rings is 1. The lowest BCUT2D eigenvalue weighted by Crippen LogP contribution is -2.48. The maximum Gasteiger partial charge on any atom is 0.424 e. The Kier molecular flexibility index (Phi) is 5.19. The van der Waals surface area contributed by atoms with Gasteiger partial charge in [0.05, 0.1) is 12.8 Å². The molecule has 2 N–H and O–H groups in total. The van der Waals surface area contributed by atoms with Crippen LogP contribution in [0.25, 0.3) is 0 Å². The molecule has 2 heterocycles. The number of likely N-dealkylation sites (tertiary alicyclic amines) is 1. The third-order valence-corrected chi connectivity index (χ3v) is 5.07. The molecule has 2 atom stereocenters. The lowest BCUT2D eigenvalue weighted by atomic mass is 9.98. The molecule has 6 nitrogen and oxygen atoms in total. The highest BCUT2D eigenvalue weighted by molar-refractivity contribution is 7.09. The maximum absolute atomic E-state index is 13.4. The Balaban J connectivity index is 2.24. The second-order valence-corrected chi connectivity index (χ2v) is 6.67. The van der Waals surface area contributed by atoms with Crippen LogP contribution in [0.3, 0.4) is 0 Å². The topological polar surface area (TPSA) is 90.7 Å². The summed E-state index contributed by atoms with van der Waals surface area (Å²) >= 11 is 0.633. The molecule has 0 radical (unpaired) electrons. The molecular formula is C14H17F3N2O4S. The zero-order valence-corrected chi connectivity index (χ0v) is 13.7. The van der Waals surface area contributed by atoms with Crippen LogP contribution in [0.15, 0.2) is 5.38 Å². The number of hydrogen-bond acceptors (Lipinski definition) is 5. The molecule has 0 saturated carbocycles. The number of nitrogens with zero attached hydrogens (tertiary/aromatic N) is 2. The number of carbonyl (C=O) groups excluding carboxylic acids is 1. The SMILES string of the molecule is Cc1csc(C(O)(CC(=O)N2CCCC2CC(=O)O)C(F)(F)F)n1. The number of carboxylic acid groups (broad SMARTS) is 1. The highest BCUT2D eigenvalue weighted by Gasteiger charge is 2.58. The molecule has 2 rings (SSSR count). The van der Waals surface area contributed by atoms with E-state index < -0.39 is 41.1 Å². The third-order valence-electron chi connectivity index (χ3n) is 3.96. The first-order chi connectivity index (χ1) is 11.0. The summed E-state index contributed by atoms with van der Waals surface area (Å²) in [5, 5.41) is 19.8. The number of carboxylic acids is 1. The maximum atomic E-state index is 13.4. The van der Waals surface area contributed by atoms with Crippen molar-refractivity contribution in [2.45, 2.75) is 50.4 Å². The summed E-state index contributed by atoms with van der Waals surface area (Å²) in [6.07, 6.45) is -5.68. The van der Waals surface area contributed by atoms with Gasteiger partial charge in [0.25, 0.3) is 0 Å². The molecule has 134 valence electrons. The summed E-state index contributed by atoms with van der Waals surface area (Å²) < 4.78 is 40.2. The minimum atomic E-state index is -5.07. The molecule has 1 saturated heterocycles. The monoisotopic (exact) mass is 366 g/mol. The van der Waals surface area contributed by atoms with E-state index in [2.05, 4.69) is 4.98 Å². The second-order valence-electron chi connectivity index (χ2n) is 5.81. The minimum absolute atomic E-state index is 0.182. The molecule has 1 aliphatic rings. The van der Waals surface area contributed by atoms with Gasteiger partial charge in [-0.1, -0.05) is 0 Å². The summed E-state index contributed by atoms with van der Waals surface area (Å²) in [6.45, 7) is 1.67. The van der Waals surface area contributed by atoms with Gasteiger partial charge in [-0.05, 0) is 19.8 Å². The fourth-order valence-corrected chi connectivity index (χ4v) is 3.65. The van der Waals surface area contributed by atoms with E-state index in [4.69, 9.17) is 5.11 Å². The molecule has 1 fully saturated rings. The largest absolute Gasteiger partial charge is 0.481 e. The van der Waals surface area contributed by atoms with Gasteiger partial charge in [0.1, 0.15) is 5.01 Å². The molecule has 1 amide bonds. The molecule has 0 aliphatic carbocycles. The quantitative estimate of drug-likeness (QED) is 0.832. The number of hydrogen-bond donors (Lipinski definition) is 2. The molecule has 1 aromatic rings. The van der Waals surface area contributed by atoms with Gasteiger partial charge in [0.2, 0.25) is 11.5 Å². The summed E-state index contributed by atoms with van der Waals surface area (Å²) in [6, 6.07) is -0.648. The Hall–Kier alpha value is -1.68. The van der Waals surface area contributed by atoms with Crippen LogP contribution in [0, 0.1) is 6.92 Å².